The van der Waals surface area contributed by atoms with Crippen LogP contribution in [0.4, 0.5) is 8.78 Å². The van der Waals surface area contributed by atoms with E-state index in [0.717, 1.165) is 18.3 Å². The summed E-state index contributed by atoms with van der Waals surface area (Å²) in [7, 11) is 0. The molecule has 0 aliphatic rings. The van der Waals surface area contributed by atoms with Crippen LogP contribution in [0, 0.1) is 11.6 Å². The molecule has 4 nitrogen and oxygen atoms in total. The molecule has 0 unspecified atom stereocenters. The standard InChI is InChI=1S/C10H5F2NO3/c11-7-2-1-5(3-8(7)12)9-6(10(14)15)4-13-16-9/h1-4H,(H,14,15). The molecule has 0 radical (unpaired) electrons. The number of halogens is 2. The van der Waals surface area contributed by atoms with Gasteiger partial charge in [-0.25, -0.2) is 13.6 Å². The molecule has 0 fully saturated rings. The molecule has 0 bridgehead atoms. The van der Waals surface area contributed by atoms with Crippen molar-refractivity contribution in [3.05, 3.63) is 41.6 Å². The summed E-state index contributed by atoms with van der Waals surface area (Å²) in [5, 5.41) is 12.1. The first-order valence-electron chi connectivity index (χ1n) is 4.23. The second kappa shape index (κ2) is 3.73. The second-order valence-corrected chi connectivity index (χ2v) is 3.00. The van der Waals surface area contributed by atoms with Crippen LogP contribution >= 0.6 is 0 Å². The Morgan fingerprint density at radius 1 is 1.31 bits per heavy atom. The minimum Gasteiger partial charge on any atom is -0.477 e. The molecule has 1 heterocycles. The largest absolute Gasteiger partial charge is 0.477 e. The zero-order chi connectivity index (χ0) is 11.7. The number of rotatable bonds is 2. The number of hydrogen-bond acceptors (Lipinski definition) is 3. The molecule has 6 heteroatoms. The predicted molar refractivity (Wildman–Crippen MR) is 48.8 cm³/mol. The summed E-state index contributed by atoms with van der Waals surface area (Å²) in [6.07, 6.45) is 0.999. The van der Waals surface area contributed by atoms with E-state index in [1.54, 1.807) is 0 Å². The molecule has 0 aliphatic heterocycles. The third-order valence-electron chi connectivity index (χ3n) is 1.98. The maximum absolute atomic E-state index is 12.9. The highest BCUT2D eigenvalue weighted by atomic mass is 19.2. The minimum absolute atomic E-state index is 0.105. The normalized spacial score (nSPS) is 10.4. The van der Waals surface area contributed by atoms with Crippen LogP contribution in [0.3, 0.4) is 0 Å². The van der Waals surface area contributed by atoms with Gasteiger partial charge in [-0.2, -0.15) is 0 Å². The average molecular weight is 225 g/mol. The second-order valence-electron chi connectivity index (χ2n) is 3.00. The first-order chi connectivity index (χ1) is 7.59. The number of hydrogen-bond donors (Lipinski definition) is 1. The summed E-state index contributed by atoms with van der Waals surface area (Å²) < 4.78 is 30.3. The Hall–Kier alpha value is -2.24. The van der Waals surface area contributed by atoms with Crippen molar-refractivity contribution >= 4 is 5.97 Å². The Balaban J connectivity index is 2.54. The van der Waals surface area contributed by atoms with Gasteiger partial charge >= 0.3 is 5.97 Å². The fraction of sp³-hybridized carbons (Fsp3) is 0. The van der Waals surface area contributed by atoms with E-state index in [2.05, 4.69) is 9.68 Å². The molecule has 1 aromatic heterocycles. The lowest BCUT2D eigenvalue weighted by Crippen LogP contribution is -1.96. The van der Waals surface area contributed by atoms with Crippen LogP contribution in [0.5, 0.6) is 0 Å². The van der Waals surface area contributed by atoms with Crippen molar-refractivity contribution in [3.8, 4) is 11.3 Å². The molecular weight excluding hydrogens is 220 g/mol. The quantitative estimate of drug-likeness (QED) is 0.851. The minimum atomic E-state index is -1.25. The smallest absolute Gasteiger partial charge is 0.341 e. The number of nitrogens with zero attached hydrogens (tertiary/aromatic N) is 1. The van der Waals surface area contributed by atoms with Crippen molar-refractivity contribution in [2.45, 2.75) is 0 Å². The van der Waals surface area contributed by atoms with Crippen molar-refractivity contribution in [2.75, 3.05) is 0 Å². The SMILES string of the molecule is O=C(O)c1cnoc1-c1ccc(F)c(F)c1. The first-order valence-corrected chi connectivity index (χ1v) is 4.23. The number of carboxylic acid groups (broad SMARTS) is 1. The van der Waals surface area contributed by atoms with Crippen molar-refractivity contribution in [3.63, 3.8) is 0 Å². The van der Waals surface area contributed by atoms with Crippen LogP contribution in [0.1, 0.15) is 10.4 Å². The van der Waals surface area contributed by atoms with E-state index in [9.17, 15) is 13.6 Å². The van der Waals surface area contributed by atoms with Gasteiger partial charge in [-0.1, -0.05) is 5.16 Å². The first kappa shape index (κ1) is 10.3. The molecule has 0 aliphatic carbocycles. The average Bonchev–Trinajstić information content (AvgIpc) is 2.71. The van der Waals surface area contributed by atoms with E-state index in [0.29, 0.717) is 0 Å². The molecule has 0 amide bonds. The maximum Gasteiger partial charge on any atom is 0.341 e. The van der Waals surface area contributed by atoms with E-state index in [-0.39, 0.29) is 16.9 Å². The van der Waals surface area contributed by atoms with Gasteiger partial charge < -0.3 is 9.63 Å². The van der Waals surface area contributed by atoms with Crippen LogP contribution in [-0.2, 0) is 0 Å². The molecule has 0 spiro atoms. The summed E-state index contributed by atoms with van der Waals surface area (Å²) in [4.78, 5) is 10.7. The molecule has 82 valence electrons. The molecular formula is C10H5F2NO3. The highest BCUT2D eigenvalue weighted by Crippen LogP contribution is 2.24. The summed E-state index contributed by atoms with van der Waals surface area (Å²) in [6, 6.07) is 2.95. The predicted octanol–water partition coefficient (Wildman–Crippen LogP) is 2.32. The lowest BCUT2D eigenvalue weighted by molar-refractivity contribution is 0.0697. The van der Waals surface area contributed by atoms with E-state index >= 15 is 0 Å². The van der Waals surface area contributed by atoms with Gasteiger partial charge in [-0.05, 0) is 18.2 Å². The number of aromatic carboxylic acids is 1. The fourth-order valence-corrected chi connectivity index (χ4v) is 1.24. The van der Waals surface area contributed by atoms with Crippen LogP contribution < -0.4 is 0 Å². The molecule has 16 heavy (non-hydrogen) atoms. The number of benzene rings is 1. The van der Waals surface area contributed by atoms with Crippen molar-refractivity contribution in [1.29, 1.82) is 0 Å². The van der Waals surface area contributed by atoms with E-state index in [1.165, 1.54) is 6.07 Å². The number of carboxylic acids is 1. The summed E-state index contributed by atoms with van der Waals surface area (Å²) in [5.41, 5.74) is -0.0835. The van der Waals surface area contributed by atoms with Crippen molar-refractivity contribution < 1.29 is 23.2 Å². The lowest BCUT2D eigenvalue weighted by atomic mass is 10.1. The monoisotopic (exact) mass is 225 g/mol. The van der Waals surface area contributed by atoms with Gasteiger partial charge in [0.15, 0.2) is 17.4 Å². The molecule has 2 aromatic rings. The number of carbonyl (C=O) groups is 1. The van der Waals surface area contributed by atoms with Crippen molar-refractivity contribution in [2.24, 2.45) is 0 Å². The van der Waals surface area contributed by atoms with Crippen LogP contribution in [0.2, 0.25) is 0 Å². The highest BCUT2D eigenvalue weighted by Gasteiger charge is 2.17. The van der Waals surface area contributed by atoms with Crippen LogP contribution in [-0.4, -0.2) is 16.2 Å². The Bertz CT molecular complexity index is 551. The molecule has 1 aromatic carbocycles. The third-order valence-corrected chi connectivity index (χ3v) is 1.98. The summed E-state index contributed by atoms with van der Waals surface area (Å²) >= 11 is 0. The summed E-state index contributed by atoms with van der Waals surface area (Å²) in [6.45, 7) is 0. The van der Waals surface area contributed by atoms with E-state index < -0.39 is 17.6 Å². The Kier molecular flexibility index (Phi) is 2.40. The fourth-order valence-electron chi connectivity index (χ4n) is 1.24. The van der Waals surface area contributed by atoms with Gasteiger partial charge in [-0.15, -0.1) is 0 Å². The zero-order valence-electron chi connectivity index (χ0n) is 7.78. The zero-order valence-corrected chi connectivity index (χ0v) is 7.78. The van der Waals surface area contributed by atoms with E-state index in [1.807, 2.05) is 0 Å². The maximum atomic E-state index is 12.9. The molecule has 2 rings (SSSR count). The molecule has 1 N–H and O–H groups in total. The summed E-state index contributed by atoms with van der Waals surface area (Å²) in [5.74, 6) is -3.45. The molecule has 0 atom stereocenters. The van der Waals surface area contributed by atoms with Crippen molar-refractivity contribution in [1.82, 2.24) is 5.16 Å². The highest BCUT2D eigenvalue weighted by molar-refractivity contribution is 5.93. The topological polar surface area (TPSA) is 63.3 Å². The molecule has 0 saturated heterocycles. The number of aromatic nitrogens is 1. The van der Waals surface area contributed by atoms with Gasteiger partial charge in [0.2, 0.25) is 0 Å². The molecule has 0 saturated carbocycles. The van der Waals surface area contributed by atoms with Crippen LogP contribution in [0.25, 0.3) is 11.3 Å². The lowest BCUT2D eigenvalue weighted by Gasteiger charge is -1.98. The van der Waals surface area contributed by atoms with Crippen LogP contribution in [0.15, 0.2) is 28.9 Å². The Morgan fingerprint density at radius 3 is 2.69 bits per heavy atom. The Morgan fingerprint density at radius 2 is 2.06 bits per heavy atom. The van der Waals surface area contributed by atoms with Gasteiger partial charge in [0, 0.05) is 5.56 Å². The van der Waals surface area contributed by atoms with Gasteiger partial charge in [0.05, 0.1) is 6.20 Å². The van der Waals surface area contributed by atoms with Gasteiger partial charge in [-0.3, -0.25) is 0 Å². The third kappa shape index (κ3) is 1.65. The Labute approximate surface area is 88.1 Å². The van der Waals surface area contributed by atoms with E-state index in [4.69, 9.17) is 5.11 Å². The van der Waals surface area contributed by atoms with Gasteiger partial charge in [0.1, 0.15) is 5.56 Å². The van der Waals surface area contributed by atoms with Gasteiger partial charge in [0.25, 0.3) is 0 Å².